The number of quaternary nitrogens is 1. The molecule has 1 rings (SSSR count). The molecule has 0 saturated carbocycles. The minimum Gasteiger partial charge on any atom is -1.00 e. The number of hydrogen-bond acceptors (Lipinski definition) is 2. The Hall–Kier alpha value is -1.68. The van der Waals surface area contributed by atoms with Crippen LogP contribution in [0.3, 0.4) is 0 Å². The largest absolute Gasteiger partial charge is 1.00 e. The summed E-state index contributed by atoms with van der Waals surface area (Å²) in [6.45, 7) is 12.5. The second kappa shape index (κ2) is 10.1. The molecule has 0 bridgehead atoms. The van der Waals surface area contributed by atoms with E-state index in [2.05, 4.69) is 44.7 Å². The number of benzene rings is 1. The highest BCUT2D eigenvalue weighted by Crippen LogP contribution is 2.15. The van der Waals surface area contributed by atoms with E-state index in [1.807, 2.05) is 6.07 Å². The third-order valence-electron chi connectivity index (χ3n) is 3.89. The molecular formula is C17H26FNO2. The maximum absolute atomic E-state index is 11.0. The summed E-state index contributed by atoms with van der Waals surface area (Å²) in [5, 5.41) is 0. The van der Waals surface area contributed by atoms with Crippen LogP contribution in [-0.2, 0) is 16.1 Å². The van der Waals surface area contributed by atoms with Gasteiger partial charge in [0.05, 0.1) is 26.2 Å². The Morgan fingerprint density at radius 3 is 2.38 bits per heavy atom. The molecule has 0 unspecified atom stereocenters. The summed E-state index contributed by atoms with van der Waals surface area (Å²) in [6, 6.07) is 10.6. The summed E-state index contributed by atoms with van der Waals surface area (Å²) in [7, 11) is 0. The van der Waals surface area contributed by atoms with Crippen LogP contribution in [0.15, 0.2) is 43.0 Å². The Kier molecular flexibility index (Phi) is 9.30. The van der Waals surface area contributed by atoms with Crippen LogP contribution in [0, 0.1) is 0 Å². The summed E-state index contributed by atoms with van der Waals surface area (Å²) in [6.07, 6.45) is 2.10. The van der Waals surface area contributed by atoms with Crippen molar-refractivity contribution in [3.63, 3.8) is 0 Å². The zero-order chi connectivity index (χ0) is 14.8. The first-order valence-corrected chi connectivity index (χ1v) is 7.34. The molecule has 3 nitrogen and oxygen atoms in total. The monoisotopic (exact) mass is 295 g/mol. The van der Waals surface area contributed by atoms with Crippen molar-refractivity contribution in [2.45, 2.75) is 26.8 Å². The molecule has 0 aliphatic heterocycles. The third-order valence-corrected chi connectivity index (χ3v) is 3.89. The first-order chi connectivity index (χ1) is 9.65. The number of rotatable bonds is 9. The summed E-state index contributed by atoms with van der Waals surface area (Å²) in [4.78, 5) is 11.0. The number of carbonyl (C=O) groups excluding carboxylic acids is 1. The van der Waals surface area contributed by atoms with Crippen LogP contribution in [0.5, 0.6) is 0 Å². The first kappa shape index (κ1) is 19.3. The van der Waals surface area contributed by atoms with Gasteiger partial charge >= 0.3 is 5.97 Å². The van der Waals surface area contributed by atoms with Crippen LogP contribution in [0.1, 0.15) is 25.8 Å². The predicted octanol–water partition coefficient (Wildman–Crippen LogP) is 0.167. The maximum Gasteiger partial charge on any atom is 0.330 e. The quantitative estimate of drug-likeness (QED) is 0.281. The summed E-state index contributed by atoms with van der Waals surface area (Å²) in [5.41, 5.74) is 1.36. The van der Waals surface area contributed by atoms with Crippen molar-refractivity contribution in [2.75, 3.05) is 26.2 Å². The fraction of sp³-hybridized carbons (Fsp3) is 0.471. The lowest BCUT2D eigenvalue weighted by molar-refractivity contribution is -0.938. The highest BCUT2D eigenvalue weighted by atomic mass is 19.0. The molecule has 4 heteroatoms. The normalized spacial score (nSPS) is 10.6. The molecule has 0 heterocycles. The van der Waals surface area contributed by atoms with Gasteiger partial charge in [0, 0.05) is 18.1 Å². The van der Waals surface area contributed by atoms with Gasteiger partial charge in [-0.1, -0.05) is 36.9 Å². The number of esters is 1. The molecule has 0 spiro atoms. The molecule has 0 fully saturated rings. The Balaban J connectivity index is 0.00000400. The van der Waals surface area contributed by atoms with Crippen molar-refractivity contribution in [3.8, 4) is 0 Å². The van der Waals surface area contributed by atoms with Gasteiger partial charge in [0.1, 0.15) is 6.54 Å². The molecule has 0 atom stereocenters. The number of halogens is 1. The van der Waals surface area contributed by atoms with Gasteiger partial charge < -0.3 is 13.9 Å². The van der Waals surface area contributed by atoms with Gasteiger partial charge in [0.2, 0.25) is 0 Å². The van der Waals surface area contributed by atoms with E-state index in [4.69, 9.17) is 4.74 Å². The lowest BCUT2D eigenvalue weighted by atomic mass is 10.1. The average Bonchev–Trinajstić information content (AvgIpc) is 2.51. The molecule has 0 saturated heterocycles. The van der Waals surface area contributed by atoms with E-state index >= 15 is 0 Å². The van der Waals surface area contributed by atoms with Crippen molar-refractivity contribution in [1.29, 1.82) is 0 Å². The van der Waals surface area contributed by atoms with Crippen molar-refractivity contribution in [1.82, 2.24) is 0 Å². The number of ether oxygens (including phenoxy) is 1. The van der Waals surface area contributed by atoms with Gasteiger partial charge in [-0.2, -0.15) is 0 Å². The molecular weight excluding hydrogens is 269 g/mol. The van der Waals surface area contributed by atoms with Crippen molar-refractivity contribution >= 4 is 5.97 Å². The zero-order valence-corrected chi connectivity index (χ0v) is 13.1. The van der Waals surface area contributed by atoms with Crippen LogP contribution < -0.4 is 4.70 Å². The van der Waals surface area contributed by atoms with E-state index in [9.17, 15) is 4.79 Å². The van der Waals surface area contributed by atoms with Gasteiger partial charge in [0.15, 0.2) is 0 Å². The third kappa shape index (κ3) is 6.54. The Bertz CT molecular complexity index is 416. The van der Waals surface area contributed by atoms with Gasteiger partial charge in [-0.15, -0.1) is 0 Å². The molecule has 0 amide bonds. The highest BCUT2D eigenvalue weighted by molar-refractivity contribution is 5.81. The Labute approximate surface area is 127 Å². The molecule has 1 aromatic rings. The SMILES string of the molecule is C=CC(=O)OCCC[N+](CC)(CC)Cc1ccccc1.[F-]. The number of carbonyl (C=O) groups is 1. The lowest BCUT2D eigenvalue weighted by Crippen LogP contribution is -3.00. The van der Waals surface area contributed by atoms with E-state index in [0.717, 1.165) is 37.1 Å². The highest BCUT2D eigenvalue weighted by Gasteiger charge is 2.23. The molecule has 1 aromatic carbocycles. The lowest BCUT2D eigenvalue weighted by Gasteiger charge is -2.37. The van der Waals surface area contributed by atoms with Crippen molar-refractivity contribution in [3.05, 3.63) is 48.6 Å². The summed E-state index contributed by atoms with van der Waals surface area (Å²) < 4.78 is 6.08. The second-order valence-corrected chi connectivity index (χ2v) is 5.07. The second-order valence-electron chi connectivity index (χ2n) is 5.07. The smallest absolute Gasteiger partial charge is 0.330 e. The van der Waals surface area contributed by atoms with Crippen LogP contribution in [-0.4, -0.2) is 36.7 Å². The Morgan fingerprint density at radius 1 is 1.24 bits per heavy atom. The van der Waals surface area contributed by atoms with Crippen LogP contribution >= 0.6 is 0 Å². The topological polar surface area (TPSA) is 26.3 Å². The van der Waals surface area contributed by atoms with Gasteiger partial charge in [0.25, 0.3) is 0 Å². The van der Waals surface area contributed by atoms with Gasteiger partial charge in [-0.05, 0) is 13.8 Å². The summed E-state index contributed by atoms with van der Waals surface area (Å²) in [5.74, 6) is -0.334. The van der Waals surface area contributed by atoms with Crippen LogP contribution in [0.4, 0.5) is 0 Å². The van der Waals surface area contributed by atoms with Crippen LogP contribution in [0.2, 0.25) is 0 Å². The standard InChI is InChI=1S/C17H26NO2.FH/c1-4-17(19)20-14-10-13-18(5-2,6-3)15-16-11-8-7-9-12-16;/h4,7-9,11-12H,1,5-6,10,13-15H2,2-3H3;1H/q+1;/p-1. The minimum absolute atomic E-state index is 0. The fourth-order valence-corrected chi connectivity index (χ4v) is 2.44. The van der Waals surface area contributed by atoms with Gasteiger partial charge in [-0.3, -0.25) is 0 Å². The summed E-state index contributed by atoms with van der Waals surface area (Å²) >= 11 is 0. The number of hydrogen-bond donors (Lipinski definition) is 0. The zero-order valence-electron chi connectivity index (χ0n) is 13.1. The van der Waals surface area contributed by atoms with Crippen LogP contribution in [0.25, 0.3) is 0 Å². The maximum atomic E-state index is 11.0. The molecule has 0 aliphatic carbocycles. The van der Waals surface area contributed by atoms with E-state index in [1.165, 1.54) is 11.6 Å². The molecule has 0 aliphatic rings. The van der Waals surface area contributed by atoms with Gasteiger partial charge in [-0.25, -0.2) is 4.79 Å². The number of nitrogens with zero attached hydrogens (tertiary/aromatic N) is 1. The van der Waals surface area contributed by atoms with Crippen molar-refractivity contribution < 1.29 is 18.7 Å². The Morgan fingerprint density at radius 2 is 1.86 bits per heavy atom. The minimum atomic E-state index is -0.334. The first-order valence-electron chi connectivity index (χ1n) is 7.34. The van der Waals surface area contributed by atoms with Crippen molar-refractivity contribution in [2.24, 2.45) is 0 Å². The average molecular weight is 295 g/mol. The molecule has 0 N–H and O–H groups in total. The molecule has 0 aromatic heterocycles. The fourth-order valence-electron chi connectivity index (χ4n) is 2.44. The van der Waals surface area contributed by atoms with E-state index < -0.39 is 0 Å². The molecule has 118 valence electrons. The van der Waals surface area contributed by atoms with E-state index in [1.54, 1.807) is 0 Å². The molecule has 21 heavy (non-hydrogen) atoms. The van der Waals surface area contributed by atoms with E-state index in [0.29, 0.717) is 6.61 Å². The molecule has 0 radical (unpaired) electrons. The van der Waals surface area contributed by atoms with E-state index in [-0.39, 0.29) is 10.7 Å². The predicted molar refractivity (Wildman–Crippen MR) is 82.1 cm³/mol.